The number of halogens is 3. The maximum atomic E-state index is 12.3. The van der Waals surface area contributed by atoms with E-state index in [-0.39, 0.29) is 18.2 Å². The van der Waals surface area contributed by atoms with Crippen molar-refractivity contribution in [2.24, 2.45) is 0 Å². The molecule has 0 bridgehead atoms. The molecule has 0 aromatic heterocycles. The van der Waals surface area contributed by atoms with Crippen LogP contribution in [0.5, 0.6) is 0 Å². The van der Waals surface area contributed by atoms with Gasteiger partial charge < -0.3 is 15.1 Å². The van der Waals surface area contributed by atoms with E-state index in [2.05, 4.69) is 5.32 Å². The highest BCUT2D eigenvalue weighted by atomic mass is 19.4. The maximum Gasteiger partial charge on any atom is 0.389 e. The number of carbonyl (C=O) groups is 2. The molecule has 2 fully saturated rings. The molecule has 1 atom stereocenters. The summed E-state index contributed by atoms with van der Waals surface area (Å²) >= 11 is 0. The molecule has 2 heterocycles. The van der Waals surface area contributed by atoms with Crippen molar-refractivity contribution in [1.29, 1.82) is 0 Å². The number of alkyl halides is 3. The van der Waals surface area contributed by atoms with Gasteiger partial charge in [-0.25, -0.2) is 0 Å². The lowest BCUT2D eigenvalue weighted by Gasteiger charge is -2.24. The zero-order chi connectivity index (χ0) is 16.2. The summed E-state index contributed by atoms with van der Waals surface area (Å²) in [4.78, 5) is 27.2. The molecule has 2 saturated heterocycles. The molecule has 0 saturated carbocycles. The van der Waals surface area contributed by atoms with Gasteiger partial charge in [0.2, 0.25) is 11.8 Å². The van der Waals surface area contributed by atoms with Crippen molar-refractivity contribution in [2.75, 3.05) is 32.7 Å². The number of hydrogen-bond acceptors (Lipinski definition) is 3. The molecule has 22 heavy (non-hydrogen) atoms. The minimum Gasteiger partial charge on any atom is -0.344 e. The van der Waals surface area contributed by atoms with Gasteiger partial charge in [-0.15, -0.1) is 0 Å². The van der Waals surface area contributed by atoms with Crippen molar-refractivity contribution >= 4 is 11.8 Å². The average Bonchev–Trinajstić information content (AvgIpc) is 2.72. The number of carbonyl (C=O) groups excluding carboxylic acids is 2. The van der Waals surface area contributed by atoms with Crippen LogP contribution in [0.25, 0.3) is 0 Å². The Kier molecular flexibility index (Phi) is 5.66. The molecule has 1 N–H and O–H groups in total. The smallest absolute Gasteiger partial charge is 0.344 e. The van der Waals surface area contributed by atoms with E-state index in [1.807, 2.05) is 4.90 Å². The molecule has 0 spiro atoms. The van der Waals surface area contributed by atoms with Crippen LogP contribution in [-0.2, 0) is 9.59 Å². The molecule has 5 nitrogen and oxygen atoms in total. The summed E-state index contributed by atoms with van der Waals surface area (Å²) in [6, 6.07) is -0.427. The molecule has 8 heteroatoms. The molecular weight excluding hydrogens is 299 g/mol. The second-order valence-electron chi connectivity index (χ2n) is 5.90. The highest BCUT2D eigenvalue weighted by molar-refractivity contribution is 5.90. The van der Waals surface area contributed by atoms with Crippen molar-refractivity contribution in [3.05, 3.63) is 0 Å². The van der Waals surface area contributed by atoms with Crippen LogP contribution in [0.15, 0.2) is 0 Å². The number of hydrogen-bond donors (Lipinski definition) is 1. The lowest BCUT2D eigenvalue weighted by molar-refractivity contribution is -0.136. The van der Waals surface area contributed by atoms with Crippen molar-refractivity contribution in [3.63, 3.8) is 0 Å². The number of rotatable bonds is 4. The molecule has 1 unspecified atom stereocenters. The Labute approximate surface area is 127 Å². The van der Waals surface area contributed by atoms with Crippen molar-refractivity contribution in [1.82, 2.24) is 15.1 Å². The third-order valence-electron chi connectivity index (χ3n) is 4.13. The van der Waals surface area contributed by atoms with Crippen LogP contribution < -0.4 is 5.32 Å². The van der Waals surface area contributed by atoms with E-state index in [4.69, 9.17) is 0 Å². The van der Waals surface area contributed by atoms with Gasteiger partial charge in [0.1, 0.15) is 6.04 Å². The Morgan fingerprint density at radius 2 is 2.00 bits per heavy atom. The van der Waals surface area contributed by atoms with E-state index in [9.17, 15) is 22.8 Å². The van der Waals surface area contributed by atoms with Gasteiger partial charge in [0.25, 0.3) is 0 Å². The molecule has 0 aliphatic carbocycles. The van der Waals surface area contributed by atoms with Gasteiger partial charge in [-0.3, -0.25) is 9.59 Å². The van der Waals surface area contributed by atoms with E-state index >= 15 is 0 Å². The molecule has 2 rings (SSSR count). The topological polar surface area (TPSA) is 52.7 Å². The monoisotopic (exact) mass is 321 g/mol. The highest BCUT2D eigenvalue weighted by Crippen LogP contribution is 2.21. The highest BCUT2D eigenvalue weighted by Gasteiger charge is 2.31. The van der Waals surface area contributed by atoms with Crippen LogP contribution in [0.2, 0.25) is 0 Å². The van der Waals surface area contributed by atoms with Gasteiger partial charge in [0.05, 0.1) is 0 Å². The zero-order valence-corrected chi connectivity index (χ0v) is 12.5. The largest absolute Gasteiger partial charge is 0.389 e. The van der Waals surface area contributed by atoms with E-state index < -0.39 is 18.6 Å². The van der Waals surface area contributed by atoms with Gasteiger partial charge in [-0.05, 0) is 32.4 Å². The Bertz CT molecular complexity index is 415. The fourth-order valence-electron chi connectivity index (χ4n) is 2.94. The van der Waals surface area contributed by atoms with Gasteiger partial charge in [-0.2, -0.15) is 13.2 Å². The standard InChI is InChI=1S/C14H22F3N3O2/c15-14(16,17)5-1-6-19-7-2-8-20(10-9-19)13(22)11-3-4-12(21)18-11/h11H,1-10H2,(H,18,21). The fourth-order valence-corrected chi connectivity index (χ4v) is 2.94. The lowest BCUT2D eigenvalue weighted by Crippen LogP contribution is -2.45. The van der Waals surface area contributed by atoms with E-state index in [0.29, 0.717) is 45.6 Å². The van der Waals surface area contributed by atoms with Crippen LogP contribution >= 0.6 is 0 Å². The van der Waals surface area contributed by atoms with Crippen LogP contribution in [-0.4, -0.2) is 66.6 Å². The molecule has 2 amide bonds. The quantitative estimate of drug-likeness (QED) is 0.845. The Morgan fingerprint density at radius 1 is 1.23 bits per heavy atom. The Hall–Kier alpha value is -1.31. The van der Waals surface area contributed by atoms with Crippen LogP contribution in [0.1, 0.15) is 32.1 Å². The SMILES string of the molecule is O=C1CCC(C(=O)N2CCCN(CCCC(F)(F)F)CC2)N1. The third-order valence-corrected chi connectivity index (χ3v) is 4.13. The van der Waals surface area contributed by atoms with Crippen molar-refractivity contribution < 1.29 is 22.8 Å². The summed E-state index contributed by atoms with van der Waals surface area (Å²) in [5, 5.41) is 2.66. The minimum atomic E-state index is -4.10. The van der Waals surface area contributed by atoms with Crippen LogP contribution in [0.4, 0.5) is 13.2 Å². The van der Waals surface area contributed by atoms with Gasteiger partial charge in [0, 0.05) is 32.5 Å². The zero-order valence-electron chi connectivity index (χ0n) is 12.5. The number of amides is 2. The van der Waals surface area contributed by atoms with Crippen LogP contribution in [0, 0.1) is 0 Å². The molecule has 0 aromatic carbocycles. The van der Waals surface area contributed by atoms with Crippen molar-refractivity contribution in [2.45, 2.75) is 44.3 Å². The first-order valence-corrected chi connectivity index (χ1v) is 7.72. The van der Waals surface area contributed by atoms with E-state index in [1.165, 1.54) is 0 Å². The first-order valence-electron chi connectivity index (χ1n) is 7.72. The minimum absolute atomic E-state index is 0.0667. The predicted molar refractivity (Wildman–Crippen MR) is 74.1 cm³/mol. The Balaban J connectivity index is 1.75. The van der Waals surface area contributed by atoms with Crippen molar-refractivity contribution in [3.8, 4) is 0 Å². The summed E-state index contributed by atoms with van der Waals surface area (Å²) in [5.74, 6) is -0.162. The summed E-state index contributed by atoms with van der Waals surface area (Å²) in [6.07, 6.45) is -3.11. The average molecular weight is 321 g/mol. The van der Waals surface area contributed by atoms with Crippen LogP contribution in [0.3, 0.4) is 0 Å². The molecule has 2 aliphatic rings. The molecule has 0 radical (unpaired) electrons. The summed E-state index contributed by atoms with van der Waals surface area (Å²) in [5.41, 5.74) is 0. The van der Waals surface area contributed by atoms with E-state index in [1.54, 1.807) is 4.90 Å². The first kappa shape index (κ1) is 17.1. The van der Waals surface area contributed by atoms with Gasteiger partial charge in [-0.1, -0.05) is 0 Å². The Morgan fingerprint density at radius 3 is 2.64 bits per heavy atom. The fraction of sp³-hybridized carbons (Fsp3) is 0.857. The predicted octanol–water partition coefficient (Wildman–Crippen LogP) is 1.14. The first-order chi connectivity index (χ1) is 10.3. The summed E-state index contributed by atoms with van der Waals surface area (Å²) in [7, 11) is 0. The van der Waals surface area contributed by atoms with Gasteiger partial charge >= 0.3 is 6.18 Å². The molecule has 2 aliphatic heterocycles. The summed E-state index contributed by atoms with van der Waals surface area (Å²) in [6.45, 7) is 2.81. The summed E-state index contributed by atoms with van der Waals surface area (Å²) < 4.78 is 36.5. The number of nitrogens with one attached hydrogen (secondary N) is 1. The second-order valence-corrected chi connectivity index (χ2v) is 5.90. The van der Waals surface area contributed by atoms with E-state index in [0.717, 1.165) is 6.42 Å². The van der Waals surface area contributed by atoms with Gasteiger partial charge in [0.15, 0.2) is 0 Å². The second kappa shape index (κ2) is 7.30. The normalized spacial score (nSPS) is 24.2. The molecule has 0 aromatic rings. The lowest BCUT2D eigenvalue weighted by atomic mass is 10.2. The maximum absolute atomic E-state index is 12.3. The number of nitrogens with zero attached hydrogens (tertiary/aromatic N) is 2. The third kappa shape index (κ3) is 5.15. The molecular formula is C14H22F3N3O2. The molecule has 126 valence electrons.